The molecule has 32 heavy (non-hydrogen) atoms. The second-order valence-electron chi connectivity index (χ2n) is 7.41. The number of aryl methyl sites for hydroxylation is 2. The van der Waals surface area contributed by atoms with Gasteiger partial charge in [-0.1, -0.05) is 0 Å². The molecule has 0 bridgehead atoms. The Hall–Kier alpha value is -3.88. The molecule has 1 aromatic carbocycles. The molecule has 9 nitrogen and oxygen atoms in total. The van der Waals surface area contributed by atoms with E-state index in [-0.39, 0.29) is 11.9 Å². The van der Waals surface area contributed by atoms with E-state index in [1.165, 1.54) is 6.20 Å². The van der Waals surface area contributed by atoms with E-state index < -0.39 is 0 Å². The van der Waals surface area contributed by atoms with Crippen LogP contribution in [0.5, 0.6) is 11.5 Å². The van der Waals surface area contributed by atoms with Crippen LogP contribution in [0.2, 0.25) is 0 Å². The number of carbonyl (C=O) groups excluding carboxylic acids is 1. The van der Waals surface area contributed by atoms with Crippen LogP contribution < -0.4 is 14.8 Å². The van der Waals surface area contributed by atoms with Crippen LogP contribution >= 0.6 is 0 Å². The van der Waals surface area contributed by atoms with Crippen LogP contribution in [0.3, 0.4) is 0 Å². The fraction of sp³-hybridized carbons (Fsp3) is 0.304. The van der Waals surface area contributed by atoms with Crippen molar-refractivity contribution in [3.8, 4) is 22.8 Å². The zero-order valence-electron chi connectivity index (χ0n) is 18.8. The number of carbonyl (C=O) groups is 1. The summed E-state index contributed by atoms with van der Waals surface area (Å²) in [6.07, 6.45) is 5.19. The molecule has 3 heterocycles. The molecule has 0 aliphatic carbocycles. The van der Waals surface area contributed by atoms with Gasteiger partial charge in [-0.2, -0.15) is 10.2 Å². The highest BCUT2D eigenvalue weighted by atomic mass is 16.5. The molecule has 9 heteroatoms. The topological polar surface area (TPSA) is 95.6 Å². The van der Waals surface area contributed by atoms with Crippen LogP contribution in [0.25, 0.3) is 16.9 Å². The molecule has 0 radical (unpaired) electrons. The minimum Gasteiger partial charge on any atom is -0.497 e. The lowest BCUT2D eigenvalue weighted by Gasteiger charge is -2.18. The van der Waals surface area contributed by atoms with Crippen LogP contribution in [0, 0.1) is 6.92 Å². The highest BCUT2D eigenvalue weighted by Gasteiger charge is 2.21. The number of hydrogen-bond donors (Lipinski definition) is 1. The molecule has 0 saturated carbocycles. The second-order valence-corrected chi connectivity index (χ2v) is 7.41. The van der Waals surface area contributed by atoms with E-state index in [4.69, 9.17) is 9.47 Å². The maximum Gasteiger partial charge on any atom is 0.257 e. The van der Waals surface area contributed by atoms with Gasteiger partial charge in [-0.3, -0.25) is 9.48 Å². The monoisotopic (exact) mass is 434 g/mol. The first-order valence-corrected chi connectivity index (χ1v) is 10.4. The van der Waals surface area contributed by atoms with Gasteiger partial charge in [-0.25, -0.2) is 9.50 Å². The quantitative estimate of drug-likeness (QED) is 0.479. The van der Waals surface area contributed by atoms with E-state index >= 15 is 0 Å². The number of rotatable bonds is 7. The van der Waals surface area contributed by atoms with Gasteiger partial charge in [0.1, 0.15) is 17.1 Å². The summed E-state index contributed by atoms with van der Waals surface area (Å²) in [6.45, 7) is 6.65. The molecule has 4 aromatic rings. The van der Waals surface area contributed by atoms with Crippen molar-refractivity contribution in [2.45, 2.75) is 33.4 Å². The maximum absolute atomic E-state index is 13.1. The van der Waals surface area contributed by atoms with E-state index in [9.17, 15) is 4.79 Å². The largest absolute Gasteiger partial charge is 0.497 e. The Morgan fingerprint density at radius 3 is 2.72 bits per heavy atom. The summed E-state index contributed by atoms with van der Waals surface area (Å²) in [6, 6.07) is 7.03. The third kappa shape index (κ3) is 3.77. The summed E-state index contributed by atoms with van der Waals surface area (Å²) in [4.78, 5) is 17.5. The summed E-state index contributed by atoms with van der Waals surface area (Å²) in [5.74, 6) is 1.08. The predicted octanol–water partition coefficient (Wildman–Crippen LogP) is 3.43. The summed E-state index contributed by atoms with van der Waals surface area (Å²) < 4.78 is 14.3. The zero-order valence-corrected chi connectivity index (χ0v) is 18.8. The fourth-order valence-electron chi connectivity index (χ4n) is 3.72. The maximum atomic E-state index is 13.1. The fourth-order valence-corrected chi connectivity index (χ4v) is 3.72. The minimum absolute atomic E-state index is 0.275. The van der Waals surface area contributed by atoms with Crippen LogP contribution in [-0.2, 0) is 6.54 Å². The van der Waals surface area contributed by atoms with E-state index in [2.05, 4.69) is 20.5 Å². The number of methoxy groups -OCH3 is 2. The van der Waals surface area contributed by atoms with Gasteiger partial charge >= 0.3 is 0 Å². The average molecular weight is 435 g/mol. The lowest BCUT2D eigenvalue weighted by Crippen LogP contribution is -2.27. The Bertz CT molecular complexity index is 1280. The molecule has 3 aromatic heterocycles. The highest BCUT2D eigenvalue weighted by Crippen LogP contribution is 2.30. The van der Waals surface area contributed by atoms with E-state index in [1.807, 2.05) is 55.9 Å². The van der Waals surface area contributed by atoms with Gasteiger partial charge in [-0.05, 0) is 45.0 Å². The molecule has 0 spiro atoms. The third-order valence-corrected chi connectivity index (χ3v) is 5.44. The van der Waals surface area contributed by atoms with Crippen molar-refractivity contribution in [3.05, 3.63) is 59.7 Å². The van der Waals surface area contributed by atoms with Crippen molar-refractivity contribution in [1.29, 1.82) is 0 Å². The first-order chi connectivity index (χ1) is 15.5. The van der Waals surface area contributed by atoms with Gasteiger partial charge in [0.15, 0.2) is 5.65 Å². The van der Waals surface area contributed by atoms with Gasteiger partial charge in [0.05, 0.1) is 37.8 Å². The molecular formula is C23H26N6O3. The lowest BCUT2D eigenvalue weighted by atomic mass is 10.1. The predicted molar refractivity (Wildman–Crippen MR) is 120 cm³/mol. The Kier molecular flexibility index (Phi) is 5.81. The first kappa shape index (κ1) is 21.4. The number of nitrogens with zero attached hydrogens (tertiary/aromatic N) is 5. The van der Waals surface area contributed by atoms with Gasteiger partial charge in [-0.15, -0.1) is 0 Å². The van der Waals surface area contributed by atoms with Crippen molar-refractivity contribution in [2.24, 2.45) is 0 Å². The Labute approximate surface area is 186 Å². The Morgan fingerprint density at radius 1 is 1.22 bits per heavy atom. The van der Waals surface area contributed by atoms with Gasteiger partial charge < -0.3 is 14.8 Å². The standard InChI is InChI=1S/C23H26N6O3/c1-6-28-13-19(15(3)27-28)20-9-10-24-22-18(12-25-29(20)22)23(30)26-14(2)17-11-16(31-4)7-8-21(17)32-5/h7-14H,6H2,1-5H3,(H,26,30). The summed E-state index contributed by atoms with van der Waals surface area (Å²) in [5, 5.41) is 12.0. The van der Waals surface area contributed by atoms with E-state index in [0.29, 0.717) is 22.7 Å². The molecule has 1 amide bonds. The normalized spacial score (nSPS) is 12.0. The molecule has 1 unspecified atom stereocenters. The van der Waals surface area contributed by atoms with E-state index in [0.717, 1.165) is 29.1 Å². The summed E-state index contributed by atoms with van der Waals surface area (Å²) in [7, 11) is 3.20. The van der Waals surface area contributed by atoms with Gasteiger partial charge in [0.2, 0.25) is 0 Å². The van der Waals surface area contributed by atoms with Gasteiger partial charge in [0.25, 0.3) is 5.91 Å². The molecule has 0 fully saturated rings. The number of amides is 1. The molecule has 1 atom stereocenters. The molecule has 166 valence electrons. The Balaban J connectivity index is 1.66. The van der Waals surface area contributed by atoms with Crippen molar-refractivity contribution in [1.82, 2.24) is 29.7 Å². The molecule has 1 N–H and O–H groups in total. The third-order valence-electron chi connectivity index (χ3n) is 5.44. The van der Waals surface area contributed by atoms with Gasteiger partial charge in [0, 0.05) is 30.1 Å². The van der Waals surface area contributed by atoms with Crippen molar-refractivity contribution in [3.63, 3.8) is 0 Å². The highest BCUT2D eigenvalue weighted by molar-refractivity contribution is 6.00. The molecule has 0 aliphatic heterocycles. The molecule has 0 aliphatic rings. The first-order valence-electron chi connectivity index (χ1n) is 10.4. The number of ether oxygens (including phenoxy) is 2. The summed E-state index contributed by atoms with van der Waals surface area (Å²) in [5.41, 5.74) is 4.35. The molecule has 4 rings (SSSR count). The zero-order chi connectivity index (χ0) is 22.8. The van der Waals surface area contributed by atoms with Crippen molar-refractivity contribution < 1.29 is 14.3 Å². The number of benzene rings is 1. The number of hydrogen-bond acceptors (Lipinski definition) is 6. The van der Waals surface area contributed by atoms with Crippen LogP contribution in [0.15, 0.2) is 42.9 Å². The second kappa shape index (κ2) is 8.70. The van der Waals surface area contributed by atoms with Crippen LogP contribution in [-0.4, -0.2) is 44.5 Å². The average Bonchev–Trinajstić information content (AvgIpc) is 3.41. The smallest absolute Gasteiger partial charge is 0.257 e. The molecule has 0 saturated heterocycles. The minimum atomic E-state index is -0.323. The number of fused-ring (bicyclic) bond motifs is 1. The van der Waals surface area contributed by atoms with Crippen LogP contribution in [0.1, 0.15) is 41.5 Å². The Morgan fingerprint density at radius 2 is 2.03 bits per heavy atom. The van der Waals surface area contributed by atoms with Crippen molar-refractivity contribution in [2.75, 3.05) is 14.2 Å². The number of nitrogens with one attached hydrogen (secondary N) is 1. The molecular weight excluding hydrogens is 408 g/mol. The number of aromatic nitrogens is 5. The summed E-state index contributed by atoms with van der Waals surface area (Å²) >= 11 is 0. The lowest BCUT2D eigenvalue weighted by molar-refractivity contribution is 0.0941. The SMILES string of the molecule is CCn1cc(-c2ccnc3c(C(=O)NC(C)c4cc(OC)ccc4OC)cnn23)c(C)n1. The van der Waals surface area contributed by atoms with Crippen LogP contribution in [0.4, 0.5) is 0 Å². The van der Waals surface area contributed by atoms with Crippen molar-refractivity contribution >= 4 is 11.6 Å². The van der Waals surface area contributed by atoms with E-state index in [1.54, 1.807) is 24.9 Å².